The van der Waals surface area contributed by atoms with Crippen LogP contribution >= 0.6 is 11.8 Å². The number of piperidine rings is 1. The van der Waals surface area contributed by atoms with Gasteiger partial charge in [0.25, 0.3) is 0 Å². The van der Waals surface area contributed by atoms with Crippen molar-refractivity contribution in [2.45, 2.75) is 29.0 Å². The van der Waals surface area contributed by atoms with Crippen LogP contribution in [0.1, 0.15) is 12.8 Å². The van der Waals surface area contributed by atoms with Crippen LogP contribution in [0.4, 0.5) is 5.69 Å². The molecule has 5 heterocycles. The summed E-state index contributed by atoms with van der Waals surface area (Å²) in [4.78, 5) is 8.03. The van der Waals surface area contributed by atoms with Gasteiger partial charge in [-0.3, -0.25) is 14.1 Å². The van der Waals surface area contributed by atoms with Crippen LogP contribution in [0, 0.1) is 0 Å². The molecular formula is C24H23N7OS. The van der Waals surface area contributed by atoms with Crippen molar-refractivity contribution in [3.05, 3.63) is 61.1 Å². The SMILES string of the molecule is Cn1ccc(-c2ccc3nnc(Sc4ccc5ncc(N6CCC(O)CC6)cc5c4)n3c2)n1. The average Bonchev–Trinajstić information content (AvgIpc) is 3.45. The summed E-state index contributed by atoms with van der Waals surface area (Å²) in [6.45, 7) is 1.71. The number of nitrogens with zero attached hydrogens (tertiary/aromatic N) is 7. The summed E-state index contributed by atoms with van der Waals surface area (Å²) in [6, 6.07) is 14.4. The predicted molar refractivity (Wildman–Crippen MR) is 129 cm³/mol. The zero-order valence-corrected chi connectivity index (χ0v) is 19.0. The first kappa shape index (κ1) is 20.2. The van der Waals surface area contributed by atoms with E-state index in [0.29, 0.717) is 0 Å². The Morgan fingerprint density at radius 3 is 2.73 bits per heavy atom. The summed E-state index contributed by atoms with van der Waals surface area (Å²) in [7, 11) is 1.91. The standard InChI is InChI=1S/C24H23N7OS/c1-29-9-8-22(28-29)16-2-5-23-26-27-24(31(23)15-16)33-20-3-4-21-17(13-20)12-18(14-25-21)30-10-6-19(32)7-11-30/h2-5,8-9,12-15,19,32H,6-7,10-11H2,1H3. The third-order valence-electron chi connectivity index (χ3n) is 6.06. The summed E-state index contributed by atoms with van der Waals surface area (Å²) < 4.78 is 3.80. The molecule has 8 nitrogen and oxygen atoms in total. The van der Waals surface area contributed by atoms with Gasteiger partial charge in [0, 0.05) is 48.4 Å². The minimum Gasteiger partial charge on any atom is -0.393 e. The average molecular weight is 458 g/mol. The number of hydrogen-bond donors (Lipinski definition) is 1. The van der Waals surface area contributed by atoms with Gasteiger partial charge in [-0.1, -0.05) is 0 Å². The van der Waals surface area contributed by atoms with Crippen molar-refractivity contribution in [1.82, 2.24) is 29.4 Å². The van der Waals surface area contributed by atoms with Crippen LogP contribution in [0.25, 0.3) is 27.8 Å². The van der Waals surface area contributed by atoms with E-state index in [1.807, 2.05) is 54.3 Å². The molecule has 1 aliphatic heterocycles. The minimum absolute atomic E-state index is 0.186. The van der Waals surface area contributed by atoms with Gasteiger partial charge in [0.15, 0.2) is 10.8 Å². The van der Waals surface area contributed by atoms with E-state index < -0.39 is 0 Å². The third kappa shape index (κ3) is 3.94. The summed E-state index contributed by atoms with van der Waals surface area (Å²) in [6.07, 6.45) is 7.31. The van der Waals surface area contributed by atoms with E-state index >= 15 is 0 Å². The monoisotopic (exact) mass is 457 g/mol. The molecule has 5 aromatic rings. The van der Waals surface area contributed by atoms with Gasteiger partial charge in [-0.05, 0) is 67.1 Å². The van der Waals surface area contributed by atoms with E-state index in [-0.39, 0.29) is 6.10 Å². The second-order valence-electron chi connectivity index (χ2n) is 8.37. The van der Waals surface area contributed by atoms with Crippen molar-refractivity contribution < 1.29 is 5.11 Å². The van der Waals surface area contributed by atoms with Gasteiger partial charge in [-0.15, -0.1) is 10.2 Å². The number of aromatic nitrogens is 6. The lowest BCUT2D eigenvalue weighted by Crippen LogP contribution is -2.35. The zero-order chi connectivity index (χ0) is 22.4. The Hall–Kier alpha value is -3.43. The Labute approximate surface area is 194 Å². The van der Waals surface area contributed by atoms with Crippen molar-refractivity contribution in [2.75, 3.05) is 18.0 Å². The van der Waals surface area contributed by atoms with E-state index in [4.69, 9.17) is 0 Å². The van der Waals surface area contributed by atoms with Crippen LogP contribution < -0.4 is 4.90 Å². The summed E-state index contributed by atoms with van der Waals surface area (Å²) in [5.74, 6) is 0. The highest BCUT2D eigenvalue weighted by Gasteiger charge is 2.18. The molecule has 166 valence electrons. The number of rotatable bonds is 4. The molecule has 0 bridgehead atoms. The lowest BCUT2D eigenvalue weighted by molar-refractivity contribution is 0.145. The first-order valence-electron chi connectivity index (χ1n) is 11.0. The second-order valence-corrected chi connectivity index (χ2v) is 9.41. The van der Waals surface area contributed by atoms with Crippen LogP contribution in [-0.2, 0) is 7.05 Å². The molecule has 1 N–H and O–H groups in total. The van der Waals surface area contributed by atoms with Crippen molar-refractivity contribution in [1.29, 1.82) is 0 Å². The Bertz CT molecular complexity index is 1450. The number of aliphatic hydroxyl groups is 1. The van der Waals surface area contributed by atoms with E-state index in [0.717, 1.165) is 69.5 Å². The Kier molecular flexibility index (Phi) is 5.00. The van der Waals surface area contributed by atoms with E-state index in [1.54, 1.807) is 16.4 Å². The van der Waals surface area contributed by atoms with Gasteiger partial charge >= 0.3 is 0 Å². The Morgan fingerprint density at radius 1 is 1.03 bits per heavy atom. The smallest absolute Gasteiger partial charge is 0.200 e. The van der Waals surface area contributed by atoms with E-state index in [2.05, 4.69) is 43.4 Å². The van der Waals surface area contributed by atoms with E-state index in [9.17, 15) is 5.11 Å². The molecule has 4 aromatic heterocycles. The molecule has 0 aliphatic carbocycles. The van der Waals surface area contributed by atoms with Crippen LogP contribution in [-0.4, -0.2) is 53.7 Å². The van der Waals surface area contributed by atoms with Crippen molar-refractivity contribution >= 4 is 34.0 Å². The molecule has 1 aromatic carbocycles. The molecule has 1 saturated heterocycles. The molecule has 0 radical (unpaired) electrons. The number of pyridine rings is 2. The Balaban J connectivity index is 1.31. The first-order valence-corrected chi connectivity index (χ1v) is 11.8. The second kappa shape index (κ2) is 8.17. The lowest BCUT2D eigenvalue weighted by atomic mass is 10.1. The van der Waals surface area contributed by atoms with Crippen LogP contribution in [0.15, 0.2) is 71.1 Å². The molecule has 0 saturated carbocycles. The molecule has 0 unspecified atom stereocenters. The fourth-order valence-electron chi connectivity index (χ4n) is 4.22. The largest absolute Gasteiger partial charge is 0.393 e. The van der Waals surface area contributed by atoms with Crippen LogP contribution in [0.3, 0.4) is 0 Å². The topological polar surface area (TPSA) is 84.4 Å². The molecule has 0 spiro atoms. The highest BCUT2D eigenvalue weighted by Crippen LogP contribution is 2.31. The van der Waals surface area contributed by atoms with Crippen molar-refractivity contribution in [3.8, 4) is 11.3 Å². The number of anilines is 1. The molecule has 0 atom stereocenters. The third-order valence-corrected chi connectivity index (χ3v) is 7.01. The number of aliphatic hydroxyl groups excluding tert-OH is 1. The number of hydrogen-bond acceptors (Lipinski definition) is 7. The molecular weight excluding hydrogens is 434 g/mol. The normalized spacial score (nSPS) is 15.0. The summed E-state index contributed by atoms with van der Waals surface area (Å²) >= 11 is 1.58. The van der Waals surface area contributed by atoms with Gasteiger partial charge in [-0.25, -0.2) is 0 Å². The molecule has 6 rings (SSSR count). The summed E-state index contributed by atoms with van der Waals surface area (Å²) in [5.41, 5.74) is 4.80. The molecule has 33 heavy (non-hydrogen) atoms. The van der Waals surface area contributed by atoms with E-state index in [1.165, 1.54) is 0 Å². The lowest BCUT2D eigenvalue weighted by Gasteiger charge is -2.31. The maximum Gasteiger partial charge on any atom is 0.200 e. The highest BCUT2D eigenvalue weighted by atomic mass is 32.2. The molecule has 0 amide bonds. The van der Waals surface area contributed by atoms with Crippen LogP contribution in [0.5, 0.6) is 0 Å². The number of benzene rings is 1. The number of aryl methyl sites for hydroxylation is 1. The van der Waals surface area contributed by atoms with Gasteiger partial charge in [0.1, 0.15) is 0 Å². The number of fused-ring (bicyclic) bond motifs is 2. The van der Waals surface area contributed by atoms with Gasteiger partial charge in [0.05, 0.1) is 29.2 Å². The zero-order valence-electron chi connectivity index (χ0n) is 18.2. The van der Waals surface area contributed by atoms with Crippen LogP contribution in [0.2, 0.25) is 0 Å². The fourth-order valence-corrected chi connectivity index (χ4v) is 5.08. The van der Waals surface area contributed by atoms with Gasteiger partial charge in [0.2, 0.25) is 0 Å². The predicted octanol–water partition coefficient (Wildman–Crippen LogP) is 3.79. The van der Waals surface area contributed by atoms with Crippen molar-refractivity contribution in [2.24, 2.45) is 7.05 Å². The fraction of sp³-hybridized carbons (Fsp3) is 0.250. The summed E-state index contributed by atoms with van der Waals surface area (Å²) in [5, 5.41) is 24.9. The van der Waals surface area contributed by atoms with Gasteiger partial charge < -0.3 is 10.0 Å². The van der Waals surface area contributed by atoms with Gasteiger partial charge in [-0.2, -0.15) is 5.10 Å². The first-order chi connectivity index (χ1) is 16.1. The maximum atomic E-state index is 9.80. The molecule has 1 fully saturated rings. The maximum absolute atomic E-state index is 9.80. The molecule has 9 heteroatoms. The minimum atomic E-state index is -0.186. The molecule has 1 aliphatic rings. The highest BCUT2D eigenvalue weighted by molar-refractivity contribution is 7.99. The quantitative estimate of drug-likeness (QED) is 0.440. The Morgan fingerprint density at radius 2 is 1.91 bits per heavy atom. The van der Waals surface area contributed by atoms with Crippen molar-refractivity contribution in [3.63, 3.8) is 0 Å².